The van der Waals surface area contributed by atoms with Crippen LogP contribution in [0.5, 0.6) is 0 Å². The topological polar surface area (TPSA) is 20.3 Å². The molecular formula is C8H14ClNO. The second-order valence-electron chi connectivity index (χ2n) is 3.04. The highest BCUT2D eigenvalue weighted by molar-refractivity contribution is 6.64. The maximum absolute atomic E-state index is 10.8. The zero-order valence-corrected chi connectivity index (χ0v) is 7.60. The molecule has 0 bridgehead atoms. The maximum Gasteiger partial charge on any atom is 0.226 e. The third kappa shape index (κ3) is 2.46. The molecule has 0 aromatic carbocycles. The number of piperidine rings is 1. The van der Waals surface area contributed by atoms with Crippen LogP contribution in [0, 0.1) is 5.92 Å². The molecule has 1 heterocycles. The van der Waals surface area contributed by atoms with E-state index in [4.69, 9.17) is 11.6 Å². The Labute approximate surface area is 72.5 Å². The highest BCUT2D eigenvalue weighted by Gasteiger charge is 2.22. The first-order valence-electron chi connectivity index (χ1n) is 4.15. The van der Waals surface area contributed by atoms with Gasteiger partial charge in [0.2, 0.25) is 5.24 Å². The van der Waals surface area contributed by atoms with E-state index in [0.717, 1.165) is 32.5 Å². The lowest BCUT2D eigenvalue weighted by atomic mass is 10.00. The predicted octanol–water partition coefficient (Wildman–Crippen LogP) is 1.48. The Kier molecular flexibility index (Phi) is 3.34. The van der Waals surface area contributed by atoms with Crippen molar-refractivity contribution in [2.45, 2.75) is 19.8 Å². The van der Waals surface area contributed by atoms with Crippen molar-refractivity contribution in [2.75, 3.05) is 19.6 Å². The number of carbonyl (C=O) groups excluding carboxylic acids is 1. The van der Waals surface area contributed by atoms with E-state index in [1.807, 2.05) is 0 Å². The summed E-state index contributed by atoms with van der Waals surface area (Å²) in [5.74, 6) is 0.0883. The molecule has 0 aromatic heterocycles. The van der Waals surface area contributed by atoms with Crippen molar-refractivity contribution >= 4 is 16.8 Å². The molecule has 1 aliphatic heterocycles. The molecule has 1 saturated heterocycles. The van der Waals surface area contributed by atoms with Gasteiger partial charge in [-0.05, 0) is 37.5 Å². The van der Waals surface area contributed by atoms with Crippen molar-refractivity contribution in [3.8, 4) is 0 Å². The van der Waals surface area contributed by atoms with Gasteiger partial charge in [-0.3, -0.25) is 4.79 Å². The molecular weight excluding hydrogens is 162 g/mol. The smallest absolute Gasteiger partial charge is 0.226 e. The molecule has 0 aromatic rings. The van der Waals surface area contributed by atoms with Crippen molar-refractivity contribution in [1.29, 1.82) is 0 Å². The summed E-state index contributed by atoms with van der Waals surface area (Å²) in [5.41, 5.74) is 0. The molecule has 0 aliphatic carbocycles. The van der Waals surface area contributed by atoms with Gasteiger partial charge in [0, 0.05) is 12.5 Å². The van der Waals surface area contributed by atoms with Crippen molar-refractivity contribution in [3.05, 3.63) is 0 Å². The van der Waals surface area contributed by atoms with E-state index >= 15 is 0 Å². The maximum atomic E-state index is 10.8. The molecule has 0 amide bonds. The minimum Gasteiger partial charge on any atom is -0.303 e. The van der Waals surface area contributed by atoms with Crippen LogP contribution in [-0.2, 0) is 4.79 Å². The summed E-state index contributed by atoms with van der Waals surface area (Å²) in [7, 11) is 0. The van der Waals surface area contributed by atoms with E-state index in [1.54, 1.807) is 0 Å². The normalized spacial score (nSPS) is 26.9. The van der Waals surface area contributed by atoms with Crippen LogP contribution in [0.3, 0.4) is 0 Å². The summed E-state index contributed by atoms with van der Waals surface area (Å²) >= 11 is 5.41. The Morgan fingerprint density at radius 2 is 2.45 bits per heavy atom. The monoisotopic (exact) mass is 175 g/mol. The van der Waals surface area contributed by atoms with Gasteiger partial charge in [0.25, 0.3) is 0 Å². The molecule has 0 radical (unpaired) electrons. The molecule has 3 heteroatoms. The Bertz CT molecular complexity index is 149. The number of carbonyl (C=O) groups is 1. The molecule has 1 aliphatic rings. The third-order valence-electron chi connectivity index (χ3n) is 2.27. The van der Waals surface area contributed by atoms with Gasteiger partial charge in [0.15, 0.2) is 0 Å². The Morgan fingerprint density at radius 1 is 1.73 bits per heavy atom. The van der Waals surface area contributed by atoms with E-state index in [-0.39, 0.29) is 11.2 Å². The quantitative estimate of drug-likeness (QED) is 0.593. The van der Waals surface area contributed by atoms with E-state index in [2.05, 4.69) is 11.8 Å². The summed E-state index contributed by atoms with van der Waals surface area (Å²) in [4.78, 5) is 13.1. The fraction of sp³-hybridized carbons (Fsp3) is 0.875. The van der Waals surface area contributed by atoms with Crippen LogP contribution < -0.4 is 0 Å². The molecule has 1 rings (SSSR count). The zero-order valence-electron chi connectivity index (χ0n) is 6.85. The van der Waals surface area contributed by atoms with Crippen LogP contribution >= 0.6 is 11.6 Å². The van der Waals surface area contributed by atoms with Gasteiger partial charge in [-0.15, -0.1) is 0 Å². The Balaban J connectivity index is 2.39. The van der Waals surface area contributed by atoms with Crippen molar-refractivity contribution < 1.29 is 4.79 Å². The minimum absolute atomic E-state index is 0.0883. The standard InChI is InChI=1S/C8H14ClNO/c1-2-10-5-3-4-7(6-10)8(9)11/h7H,2-6H2,1H3. The minimum atomic E-state index is -0.164. The number of hydrogen-bond donors (Lipinski definition) is 0. The van der Waals surface area contributed by atoms with Crippen LogP contribution in [0.4, 0.5) is 0 Å². The summed E-state index contributed by atoms with van der Waals surface area (Å²) in [6, 6.07) is 0. The molecule has 2 nitrogen and oxygen atoms in total. The van der Waals surface area contributed by atoms with Crippen molar-refractivity contribution in [1.82, 2.24) is 4.90 Å². The third-order valence-corrected chi connectivity index (χ3v) is 2.58. The highest BCUT2D eigenvalue weighted by Crippen LogP contribution is 2.17. The van der Waals surface area contributed by atoms with Gasteiger partial charge in [-0.25, -0.2) is 0 Å². The van der Waals surface area contributed by atoms with E-state index in [0.29, 0.717) is 0 Å². The van der Waals surface area contributed by atoms with Gasteiger partial charge in [0.05, 0.1) is 0 Å². The fourth-order valence-electron chi connectivity index (χ4n) is 1.53. The van der Waals surface area contributed by atoms with Crippen molar-refractivity contribution in [2.24, 2.45) is 5.92 Å². The second-order valence-corrected chi connectivity index (χ2v) is 3.41. The summed E-state index contributed by atoms with van der Waals surface area (Å²) in [6.45, 7) is 5.12. The van der Waals surface area contributed by atoms with Gasteiger partial charge in [-0.1, -0.05) is 6.92 Å². The fourth-order valence-corrected chi connectivity index (χ4v) is 1.71. The van der Waals surface area contributed by atoms with E-state index < -0.39 is 0 Å². The average molecular weight is 176 g/mol. The Morgan fingerprint density at radius 3 is 3.00 bits per heavy atom. The SMILES string of the molecule is CCN1CCCC(C(=O)Cl)C1. The average Bonchev–Trinajstić information content (AvgIpc) is 2.05. The summed E-state index contributed by atoms with van der Waals surface area (Å²) in [6.07, 6.45) is 2.08. The van der Waals surface area contributed by atoms with Gasteiger partial charge in [-0.2, -0.15) is 0 Å². The number of rotatable bonds is 2. The first-order chi connectivity index (χ1) is 5.24. The lowest BCUT2D eigenvalue weighted by Crippen LogP contribution is -2.37. The predicted molar refractivity (Wildman–Crippen MR) is 45.7 cm³/mol. The first-order valence-corrected chi connectivity index (χ1v) is 4.53. The molecule has 0 saturated carbocycles. The van der Waals surface area contributed by atoms with Gasteiger partial charge < -0.3 is 4.90 Å². The number of nitrogens with zero attached hydrogens (tertiary/aromatic N) is 1. The van der Waals surface area contributed by atoms with Crippen LogP contribution in [0.25, 0.3) is 0 Å². The molecule has 1 atom stereocenters. The molecule has 11 heavy (non-hydrogen) atoms. The molecule has 64 valence electrons. The summed E-state index contributed by atoms with van der Waals surface area (Å²) < 4.78 is 0. The Hall–Kier alpha value is -0.0800. The van der Waals surface area contributed by atoms with Crippen molar-refractivity contribution in [3.63, 3.8) is 0 Å². The molecule has 1 fully saturated rings. The lowest BCUT2D eigenvalue weighted by molar-refractivity contribution is -0.116. The van der Waals surface area contributed by atoms with Crippen LogP contribution in [0.2, 0.25) is 0 Å². The van der Waals surface area contributed by atoms with Crippen LogP contribution in [-0.4, -0.2) is 29.8 Å². The largest absolute Gasteiger partial charge is 0.303 e. The van der Waals surface area contributed by atoms with E-state index in [1.165, 1.54) is 0 Å². The van der Waals surface area contributed by atoms with Crippen LogP contribution in [0.15, 0.2) is 0 Å². The number of halogens is 1. The highest BCUT2D eigenvalue weighted by atomic mass is 35.5. The number of likely N-dealkylation sites (tertiary alicyclic amines) is 1. The molecule has 1 unspecified atom stereocenters. The second kappa shape index (κ2) is 4.07. The zero-order chi connectivity index (χ0) is 8.27. The van der Waals surface area contributed by atoms with Gasteiger partial charge >= 0.3 is 0 Å². The summed E-state index contributed by atoms with van der Waals surface area (Å²) in [5, 5.41) is -0.164. The van der Waals surface area contributed by atoms with Gasteiger partial charge in [0.1, 0.15) is 0 Å². The molecule has 0 spiro atoms. The van der Waals surface area contributed by atoms with Crippen LogP contribution in [0.1, 0.15) is 19.8 Å². The number of hydrogen-bond acceptors (Lipinski definition) is 2. The molecule has 0 N–H and O–H groups in total. The first kappa shape index (κ1) is 9.01. The lowest BCUT2D eigenvalue weighted by Gasteiger charge is -2.29. The van der Waals surface area contributed by atoms with E-state index in [9.17, 15) is 4.79 Å².